The minimum absolute atomic E-state index is 0.0586. The highest BCUT2D eigenvalue weighted by atomic mass is 32.2. The summed E-state index contributed by atoms with van der Waals surface area (Å²) in [6.07, 6.45) is 0.940. The van der Waals surface area contributed by atoms with Crippen LogP contribution in [0.5, 0.6) is 0 Å². The smallest absolute Gasteiger partial charge is 0.322 e. The Morgan fingerprint density at radius 3 is 2.41 bits per heavy atom. The van der Waals surface area contributed by atoms with Gasteiger partial charge in [0.1, 0.15) is 15.9 Å². The number of nitrogens with zero attached hydrogens (tertiary/aromatic N) is 1. The fraction of sp³-hybridized carbons (Fsp3) is 0.857. The summed E-state index contributed by atoms with van der Waals surface area (Å²) in [4.78, 5) is 10.8. The molecule has 0 radical (unpaired) electrons. The van der Waals surface area contributed by atoms with Crippen molar-refractivity contribution < 1.29 is 26.7 Å². The number of sulfone groups is 1. The van der Waals surface area contributed by atoms with Crippen LogP contribution in [0.2, 0.25) is 0 Å². The Morgan fingerprint density at radius 2 is 1.94 bits per heavy atom. The van der Waals surface area contributed by atoms with E-state index in [0.717, 1.165) is 10.6 Å². The van der Waals surface area contributed by atoms with Gasteiger partial charge in [-0.2, -0.15) is 4.31 Å². The summed E-state index contributed by atoms with van der Waals surface area (Å²) >= 11 is 1.20. The van der Waals surface area contributed by atoms with Gasteiger partial charge in [0.25, 0.3) is 0 Å². The summed E-state index contributed by atoms with van der Waals surface area (Å²) in [5, 5.41) is 8.84. The van der Waals surface area contributed by atoms with Crippen molar-refractivity contribution in [3.8, 4) is 0 Å². The van der Waals surface area contributed by atoms with E-state index in [4.69, 9.17) is 5.11 Å². The number of hydrogen-bond acceptors (Lipinski definition) is 6. The monoisotopic (exact) mass is 303 g/mol. The maximum Gasteiger partial charge on any atom is 0.322 e. The van der Waals surface area contributed by atoms with Crippen LogP contribution in [0.4, 0.5) is 0 Å². The van der Waals surface area contributed by atoms with Crippen molar-refractivity contribution in [3.05, 3.63) is 0 Å². The number of thioether (sulfide) groups is 1. The van der Waals surface area contributed by atoms with Crippen LogP contribution in [0.1, 0.15) is 0 Å². The fourth-order valence-electron chi connectivity index (χ4n) is 1.27. The lowest BCUT2D eigenvalue weighted by atomic mass is 10.4. The van der Waals surface area contributed by atoms with Crippen molar-refractivity contribution in [3.63, 3.8) is 0 Å². The van der Waals surface area contributed by atoms with Crippen LogP contribution in [0.3, 0.4) is 0 Å². The predicted octanol–water partition coefficient (Wildman–Crippen LogP) is -1.18. The van der Waals surface area contributed by atoms with Crippen molar-refractivity contribution in [2.24, 2.45) is 0 Å². The number of carboxylic acid groups (broad SMARTS) is 1. The van der Waals surface area contributed by atoms with Crippen LogP contribution in [0, 0.1) is 0 Å². The minimum atomic E-state index is -3.83. The molecule has 1 aliphatic rings. The number of sulfonamides is 1. The van der Waals surface area contributed by atoms with Gasteiger partial charge < -0.3 is 5.11 Å². The van der Waals surface area contributed by atoms with Crippen molar-refractivity contribution in [2.75, 3.05) is 29.4 Å². The fourth-order valence-corrected chi connectivity index (χ4v) is 6.08. The second kappa shape index (κ2) is 5.12. The first-order valence-corrected chi connectivity index (χ1v) is 9.44. The molecule has 0 aliphatic carbocycles. The molecule has 7 nitrogen and oxygen atoms in total. The van der Waals surface area contributed by atoms with Gasteiger partial charge in [-0.05, 0) is 0 Å². The lowest BCUT2D eigenvalue weighted by Crippen LogP contribution is -2.43. The van der Waals surface area contributed by atoms with E-state index in [9.17, 15) is 21.6 Å². The van der Waals surface area contributed by atoms with Gasteiger partial charge in [-0.25, -0.2) is 16.8 Å². The third-order valence-corrected chi connectivity index (χ3v) is 6.39. The second-order valence-corrected chi connectivity index (χ2v) is 8.99. The van der Waals surface area contributed by atoms with E-state index in [1.54, 1.807) is 0 Å². The average molecular weight is 303 g/mol. The Hall–Kier alpha value is -0.320. The molecular formula is C7H13NO6S3. The number of aliphatic carboxylic acids is 1. The van der Waals surface area contributed by atoms with Gasteiger partial charge in [0.15, 0.2) is 0 Å². The molecule has 0 spiro atoms. The molecule has 0 aromatic carbocycles. The number of rotatable bonds is 5. The zero-order valence-electron chi connectivity index (χ0n) is 9.07. The summed E-state index contributed by atoms with van der Waals surface area (Å²) in [7, 11) is -7.22. The topological polar surface area (TPSA) is 109 Å². The standard InChI is InChI=1S/C7H13NO6S3/c1-16(11,12)2-3-17(13,14)8-5-15-4-6(8)7(9)10/h6H,2-5H2,1H3,(H,9,10)/t6-/m0/s1. The Bertz CT molecular complexity index is 496. The first-order valence-electron chi connectivity index (χ1n) is 4.61. The number of hydrogen-bond donors (Lipinski definition) is 1. The maximum absolute atomic E-state index is 11.8. The third kappa shape index (κ3) is 4.12. The van der Waals surface area contributed by atoms with E-state index in [-0.39, 0.29) is 11.6 Å². The molecule has 17 heavy (non-hydrogen) atoms. The largest absolute Gasteiger partial charge is 0.480 e. The van der Waals surface area contributed by atoms with Crippen molar-refractivity contribution in [1.82, 2.24) is 4.31 Å². The lowest BCUT2D eigenvalue weighted by molar-refractivity contribution is -0.140. The molecule has 0 saturated carbocycles. The van der Waals surface area contributed by atoms with Crippen LogP contribution >= 0.6 is 11.8 Å². The Labute approximate surface area is 104 Å². The maximum atomic E-state index is 11.8. The Kier molecular flexibility index (Phi) is 4.44. The highest BCUT2D eigenvalue weighted by Gasteiger charge is 2.39. The SMILES string of the molecule is CS(=O)(=O)CCS(=O)(=O)N1CSC[C@H]1C(=O)O. The second-order valence-electron chi connectivity index (χ2n) is 3.69. The first-order chi connectivity index (χ1) is 7.63. The van der Waals surface area contributed by atoms with Gasteiger partial charge in [0.05, 0.1) is 17.4 Å². The summed E-state index contributed by atoms with van der Waals surface area (Å²) in [5.74, 6) is -2.03. The van der Waals surface area contributed by atoms with E-state index in [2.05, 4.69) is 0 Å². The summed E-state index contributed by atoms with van der Waals surface area (Å²) < 4.78 is 46.2. The molecule has 1 atom stereocenters. The zero-order chi connectivity index (χ0) is 13.3. The van der Waals surface area contributed by atoms with Gasteiger partial charge in [0, 0.05) is 12.0 Å². The van der Waals surface area contributed by atoms with Gasteiger partial charge in [0.2, 0.25) is 10.0 Å². The number of carbonyl (C=O) groups is 1. The van der Waals surface area contributed by atoms with Gasteiger partial charge in [-0.1, -0.05) is 0 Å². The van der Waals surface area contributed by atoms with Crippen LogP contribution in [-0.4, -0.2) is 67.6 Å². The molecule has 1 saturated heterocycles. The summed E-state index contributed by atoms with van der Waals surface area (Å²) in [6.45, 7) is 0. The van der Waals surface area contributed by atoms with Crippen LogP contribution in [0.25, 0.3) is 0 Å². The van der Waals surface area contributed by atoms with Crippen molar-refractivity contribution >= 4 is 37.6 Å². The van der Waals surface area contributed by atoms with Gasteiger partial charge in [-0.3, -0.25) is 4.79 Å². The van der Waals surface area contributed by atoms with Crippen molar-refractivity contribution in [2.45, 2.75) is 6.04 Å². The summed E-state index contributed by atoms with van der Waals surface area (Å²) in [5.41, 5.74) is 0. The minimum Gasteiger partial charge on any atom is -0.480 e. The van der Waals surface area contributed by atoms with E-state index >= 15 is 0 Å². The zero-order valence-corrected chi connectivity index (χ0v) is 11.5. The molecule has 10 heteroatoms. The summed E-state index contributed by atoms with van der Waals surface area (Å²) in [6, 6.07) is -1.09. The van der Waals surface area contributed by atoms with Crippen LogP contribution in [0.15, 0.2) is 0 Å². The molecule has 1 heterocycles. The third-order valence-electron chi connectivity index (χ3n) is 2.20. The normalized spacial score (nSPS) is 22.8. The molecule has 1 aliphatic heterocycles. The van der Waals surface area contributed by atoms with Gasteiger partial charge >= 0.3 is 5.97 Å². The Balaban J connectivity index is 2.80. The molecule has 100 valence electrons. The molecule has 0 bridgehead atoms. The van der Waals surface area contributed by atoms with E-state index in [1.807, 2.05) is 0 Å². The first kappa shape index (κ1) is 14.7. The van der Waals surface area contributed by atoms with E-state index in [1.165, 1.54) is 11.8 Å². The van der Waals surface area contributed by atoms with Crippen LogP contribution < -0.4 is 0 Å². The van der Waals surface area contributed by atoms with E-state index in [0.29, 0.717) is 0 Å². The average Bonchev–Trinajstić information content (AvgIpc) is 2.62. The molecule has 1 rings (SSSR count). The van der Waals surface area contributed by atoms with E-state index < -0.39 is 43.4 Å². The highest BCUT2D eigenvalue weighted by molar-refractivity contribution is 8.01. The Morgan fingerprint density at radius 1 is 1.35 bits per heavy atom. The molecule has 0 aromatic heterocycles. The molecule has 0 unspecified atom stereocenters. The predicted molar refractivity (Wildman–Crippen MR) is 64.1 cm³/mol. The molecule has 1 fully saturated rings. The molecule has 0 amide bonds. The highest BCUT2D eigenvalue weighted by Crippen LogP contribution is 2.24. The molecular weight excluding hydrogens is 290 g/mol. The van der Waals surface area contributed by atoms with Gasteiger partial charge in [-0.15, -0.1) is 11.8 Å². The number of carboxylic acids is 1. The molecule has 0 aromatic rings. The molecule has 1 N–H and O–H groups in total. The van der Waals surface area contributed by atoms with Crippen molar-refractivity contribution in [1.29, 1.82) is 0 Å². The van der Waals surface area contributed by atoms with Crippen LogP contribution in [-0.2, 0) is 24.7 Å². The quantitative estimate of drug-likeness (QED) is 0.681. The lowest BCUT2D eigenvalue weighted by Gasteiger charge is -2.19.